The van der Waals surface area contributed by atoms with Gasteiger partial charge in [-0.1, -0.05) is 0 Å². The molecule has 0 spiro atoms. The molecule has 0 aliphatic rings. The maximum Gasteiger partial charge on any atom is 0.235 e. The van der Waals surface area contributed by atoms with E-state index >= 15 is 0 Å². The van der Waals surface area contributed by atoms with Crippen LogP contribution >= 0.6 is 0 Å². The number of carbonyl (C=O) groups excluding carboxylic acids is 1. The molecule has 0 aliphatic carbocycles. The van der Waals surface area contributed by atoms with E-state index in [4.69, 9.17) is 4.74 Å². The number of amides is 1. The molecule has 1 amide bonds. The van der Waals surface area contributed by atoms with Crippen molar-refractivity contribution in [3.63, 3.8) is 0 Å². The lowest BCUT2D eigenvalue weighted by molar-refractivity contribution is -0.121. The predicted octanol–water partition coefficient (Wildman–Crippen LogP) is -1.04. The van der Waals surface area contributed by atoms with Gasteiger partial charge < -0.3 is 15.0 Å². The Labute approximate surface area is 115 Å². The number of likely N-dealkylation sites (N-methyl/N-ethyl adjacent to an activating group) is 1. The molecule has 0 unspecified atom stereocenters. The first kappa shape index (κ1) is 18.3. The largest absolute Gasteiger partial charge is 0.385 e. The van der Waals surface area contributed by atoms with Crippen LogP contribution < -0.4 is 5.32 Å². The van der Waals surface area contributed by atoms with E-state index in [-0.39, 0.29) is 19.0 Å². The van der Waals surface area contributed by atoms with Crippen LogP contribution in [0.1, 0.15) is 6.42 Å². The Morgan fingerprint density at radius 3 is 2.37 bits per heavy atom. The molecule has 114 valence electrons. The van der Waals surface area contributed by atoms with Gasteiger partial charge in [0.1, 0.15) is 0 Å². The Morgan fingerprint density at radius 1 is 1.26 bits per heavy atom. The van der Waals surface area contributed by atoms with Gasteiger partial charge in [-0.05, 0) is 20.5 Å². The van der Waals surface area contributed by atoms with Crippen molar-refractivity contribution in [1.82, 2.24) is 14.5 Å². The monoisotopic (exact) mass is 295 g/mol. The molecule has 0 heterocycles. The highest BCUT2D eigenvalue weighted by Crippen LogP contribution is 1.99. The van der Waals surface area contributed by atoms with Gasteiger partial charge in [-0.15, -0.1) is 0 Å². The van der Waals surface area contributed by atoms with Crippen molar-refractivity contribution in [3.8, 4) is 0 Å². The van der Waals surface area contributed by atoms with E-state index in [2.05, 4.69) is 5.32 Å². The standard InChI is InChI=1S/C11H25N3O4S/c1-13(2)8-6-12-11(15)10-14(19(4,16)17)7-5-9-18-3/h5-10H2,1-4H3,(H,12,15). The zero-order valence-corrected chi connectivity index (χ0v) is 13.0. The van der Waals surface area contributed by atoms with Crippen LogP contribution in [0.5, 0.6) is 0 Å². The number of nitrogens with zero attached hydrogens (tertiary/aromatic N) is 2. The maximum absolute atomic E-state index is 11.6. The molecule has 7 nitrogen and oxygen atoms in total. The van der Waals surface area contributed by atoms with Gasteiger partial charge in [-0.25, -0.2) is 8.42 Å². The van der Waals surface area contributed by atoms with Crippen molar-refractivity contribution < 1.29 is 17.9 Å². The Bertz CT molecular complexity index is 357. The van der Waals surface area contributed by atoms with Gasteiger partial charge in [0.05, 0.1) is 12.8 Å². The third kappa shape index (κ3) is 9.83. The molecule has 0 rings (SSSR count). The zero-order chi connectivity index (χ0) is 14.9. The van der Waals surface area contributed by atoms with E-state index < -0.39 is 10.0 Å². The number of hydrogen-bond acceptors (Lipinski definition) is 5. The Hall–Kier alpha value is -0.700. The van der Waals surface area contributed by atoms with E-state index in [9.17, 15) is 13.2 Å². The lowest BCUT2D eigenvalue weighted by atomic mass is 10.4. The van der Waals surface area contributed by atoms with Gasteiger partial charge in [0.25, 0.3) is 0 Å². The van der Waals surface area contributed by atoms with Gasteiger partial charge in [0, 0.05) is 33.4 Å². The first-order valence-corrected chi connectivity index (χ1v) is 7.97. The van der Waals surface area contributed by atoms with Crippen LogP contribution in [0.25, 0.3) is 0 Å². The summed E-state index contributed by atoms with van der Waals surface area (Å²) >= 11 is 0. The van der Waals surface area contributed by atoms with Gasteiger partial charge in [0.2, 0.25) is 15.9 Å². The fraction of sp³-hybridized carbons (Fsp3) is 0.909. The highest BCUT2D eigenvalue weighted by atomic mass is 32.2. The quantitative estimate of drug-likeness (QED) is 0.521. The summed E-state index contributed by atoms with van der Waals surface area (Å²) in [5, 5.41) is 2.69. The molecule has 0 aromatic rings. The molecule has 0 saturated heterocycles. The highest BCUT2D eigenvalue weighted by Gasteiger charge is 2.19. The third-order valence-electron chi connectivity index (χ3n) is 2.43. The summed E-state index contributed by atoms with van der Waals surface area (Å²) < 4.78 is 29.1. The van der Waals surface area contributed by atoms with Crippen molar-refractivity contribution in [1.29, 1.82) is 0 Å². The molecule has 0 atom stereocenters. The van der Waals surface area contributed by atoms with Crippen molar-refractivity contribution in [2.24, 2.45) is 0 Å². The number of ether oxygens (including phenoxy) is 1. The molecule has 0 aromatic carbocycles. The topological polar surface area (TPSA) is 79.0 Å². The van der Waals surface area contributed by atoms with Crippen LogP contribution in [0.15, 0.2) is 0 Å². The number of methoxy groups -OCH3 is 1. The fourth-order valence-electron chi connectivity index (χ4n) is 1.38. The normalized spacial score (nSPS) is 12.1. The summed E-state index contributed by atoms with van der Waals surface area (Å²) in [7, 11) is 1.98. The zero-order valence-electron chi connectivity index (χ0n) is 12.2. The smallest absolute Gasteiger partial charge is 0.235 e. The van der Waals surface area contributed by atoms with Gasteiger partial charge in [-0.2, -0.15) is 4.31 Å². The van der Waals surface area contributed by atoms with E-state index in [0.29, 0.717) is 26.1 Å². The number of carbonyl (C=O) groups is 1. The molecule has 0 aromatic heterocycles. The number of rotatable bonds is 10. The van der Waals surface area contributed by atoms with Gasteiger partial charge in [-0.3, -0.25) is 4.79 Å². The second kappa shape index (κ2) is 9.24. The third-order valence-corrected chi connectivity index (χ3v) is 3.68. The van der Waals surface area contributed by atoms with Gasteiger partial charge >= 0.3 is 0 Å². The van der Waals surface area contributed by atoms with Crippen LogP contribution in [0.3, 0.4) is 0 Å². The van der Waals surface area contributed by atoms with Crippen LogP contribution in [-0.2, 0) is 19.6 Å². The molecular weight excluding hydrogens is 270 g/mol. The van der Waals surface area contributed by atoms with Crippen molar-refractivity contribution >= 4 is 15.9 Å². The summed E-state index contributed by atoms with van der Waals surface area (Å²) in [6, 6.07) is 0. The second-order valence-electron chi connectivity index (χ2n) is 4.60. The minimum absolute atomic E-state index is 0.143. The summed E-state index contributed by atoms with van der Waals surface area (Å²) in [5.74, 6) is -0.287. The first-order chi connectivity index (χ1) is 8.77. The molecule has 8 heteroatoms. The van der Waals surface area contributed by atoms with E-state index in [1.807, 2.05) is 19.0 Å². The summed E-state index contributed by atoms with van der Waals surface area (Å²) in [4.78, 5) is 13.6. The average Bonchev–Trinajstić information content (AvgIpc) is 2.26. The van der Waals surface area contributed by atoms with Crippen molar-refractivity contribution in [2.75, 3.05) is 60.2 Å². The van der Waals surface area contributed by atoms with E-state index in [1.54, 1.807) is 7.11 Å². The molecule has 0 saturated carbocycles. The molecule has 0 radical (unpaired) electrons. The van der Waals surface area contributed by atoms with Crippen LogP contribution in [-0.4, -0.2) is 83.8 Å². The first-order valence-electron chi connectivity index (χ1n) is 6.13. The highest BCUT2D eigenvalue weighted by molar-refractivity contribution is 7.88. The van der Waals surface area contributed by atoms with Crippen LogP contribution in [0, 0.1) is 0 Å². The maximum atomic E-state index is 11.6. The Kier molecular flexibility index (Phi) is 8.90. The molecule has 0 bridgehead atoms. The summed E-state index contributed by atoms with van der Waals surface area (Å²) in [6.07, 6.45) is 1.67. The minimum atomic E-state index is -3.38. The SMILES string of the molecule is COCCCN(CC(=O)NCCN(C)C)S(C)(=O)=O. The van der Waals surface area contributed by atoms with Crippen molar-refractivity contribution in [2.45, 2.75) is 6.42 Å². The fourth-order valence-corrected chi connectivity index (χ4v) is 2.19. The number of nitrogens with one attached hydrogen (secondary N) is 1. The molecular formula is C11H25N3O4S. The number of sulfonamides is 1. The van der Waals surface area contributed by atoms with Crippen LogP contribution in [0.4, 0.5) is 0 Å². The predicted molar refractivity (Wildman–Crippen MR) is 74.5 cm³/mol. The molecule has 0 fully saturated rings. The van der Waals surface area contributed by atoms with E-state index in [1.165, 1.54) is 0 Å². The van der Waals surface area contributed by atoms with Gasteiger partial charge in [0.15, 0.2) is 0 Å². The minimum Gasteiger partial charge on any atom is -0.385 e. The average molecular weight is 295 g/mol. The summed E-state index contributed by atoms with van der Waals surface area (Å²) in [6.45, 7) is 1.83. The molecule has 1 N–H and O–H groups in total. The summed E-state index contributed by atoms with van der Waals surface area (Å²) in [5.41, 5.74) is 0. The molecule has 19 heavy (non-hydrogen) atoms. The van der Waals surface area contributed by atoms with E-state index in [0.717, 1.165) is 10.6 Å². The Balaban J connectivity index is 4.20. The molecule has 0 aliphatic heterocycles. The Morgan fingerprint density at radius 2 is 1.89 bits per heavy atom. The number of hydrogen-bond donors (Lipinski definition) is 1. The lowest BCUT2D eigenvalue weighted by Crippen LogP contribution is -2.42. The van der Waals surface area contributed by atoms with Crippen molar-refractivity contribution in [3.05, 3.63) is 0 Å². The second-order valence-corrected chi connectivity index (χ2v) is 6.58. The van der Waals surface area contributed by atoms with Crippen LogP contribution in [0.2, 0.25) is 0 Å². The lowest BCUT2D eigenvalue weighted by Gasteiger charge is -2.19.